The number of ether oxygens (including phenoxy) is 1. The second-order valence-corrected chi connectivity index (χ2v) is 8.41. The SMILES string of the molecule is O=C(COc1c(Cl)c(Cl)c(Cl)c(Cl)c1Cl)Nc1nc(-c2ccccc2Cl)cs1. The van der Waals surface area contributed by atoms with Crippen molar-refractivity contribution in [2.45, 2.75) is 0 Å². The van der Waals surface area contributed by atoms with Crippen molar-refractivity contribution in [3.8, 4) is 17.0 Å². The highest BCUT2D eigenvalue weighted by Gasteiger charge is 2.21. The molecule has 3 aromatic rings. The van der Waals surface area contributed by atoms with Crippen LogP contribution in [0, 0.1) is 0 Å². The third kappa shape index (κ3) is 4.62. The van der Waals surface area contributed by atoms with Gasteiger partial charge in [0.1, 0.15) is 10.0 Å². The summed E-state index contributed by atoms with van der Waals surface area (Å²) in [5.74, 6) is -0.511. The Morgan fingerprint density at radius 1 is 0.964 bits per heavy atom. The van der Waals surface area contributed by atoms with Crippen LogP contribution in [0.1, 0.15) is 0 Å². The lowest BCUT2D eigenvalue weighted by molar-refractivity contribution is -0.118. The fourth-order valence-electron chi connectivity index (χ4n) is 2.13. The predicted octanol–water partition coefficient (Wildman–Crippen LogP) is 7.75. The molecule has 0 spiro atoms. The summed E-state index contributed by atoms with van der Waals surface area (Å²) >= 11 is 37.4. The van der Waals surface area contributed by atoms with Gasteiger partial charge in [-0.3, -0.25) is 10.1 Å². The second-order valence-electron chi connectivity index (χ2n) is 5.25. The number of amides is 1. The molecule has 0 aliphatic heterocycles. The first-order valence-corrected chi connectivity index (χ1v) is 10.6. The molecule has 0 saturated carbocycles. The number of hydrogen-bond acceptors (Lipinski definition) is 4. The van der Waals surface area contributed by atoms with E-state index in [9.17, 15) is 4.79 Å². The third-order valence-corrected chi connectivity index (χ3v) is 6.75. The normalized spacial score (nSPS) is 10.8. The summed E-state index contributed by atoms with van der Waals surface area (Å²) < 4.78 is 5.38. The maximum absolute atomic E-state index is 12.2. The molecule has 1 amide bonds. The van der Waals surface area contributed by atoms with Crippen molar-refractivity contribution in [1.82, 2.24) is 4.98 Å². The van der Waals surface area contributed by atoms with Gasteiger partial charge in [0.2, 0.25) is 0 Å². The van der Waals surface area contributed by atoms with Gasteiger partial charge in [0.15, 0.2) is 17.5 Å². The van der Waals surface area contributed by atoms with Gasteiger partial charge < -0.3 is 4.74 Å². The summed E-state index contributed by atoms with van der Waals surface area (Å²) in [4.78, 5) is 16.5. The molecule has 28 heavy (non-hydrogen) atoms. The number of rotatable bonds is 5. The number of aromatic nitrogens is 1. The Morgan fingerprint density at radius 2 is 1.57 bits per heavy atom. The van der Waals surface area contributed by atoms with Crippen LogP contribution in [0.3, 0.4) is 0 Å². The van der Waals surface area contributed by atoms with Crippen LogP contribution in [0.2, 0.25) is 30.1 Å². The number of thiazole rings is 1. The standard InChI is InChI=1S/C17H8Cl6N2O2S/c18-8-4-2-1-3-7(8)9-6-28-17(24-9)25-10(26)5-27-16-14(22)12(20)11(19)13(21)15(16)23/h1-4,6H,5H2,(H,24,25,26). The molecule has 2 aromatic carbocycles. The smallest absolute Gasteiger partial charge is 0.264 e. The van der Waals surface area contributed by atoms with Crippen molar-refractivity contribution in [2.24, 2.45) is 0 Å². The summed E-state index contributed by atoms with van der Waals surface area (Å²) in [5.41, 5.74) is 1.41. The minimum atomic E-state index is -0.477. The maximum atomic E-state index is 12.2. The molecular weight excluding hydrogens is 509 g/mol. The molecule has 0 bridgehead atoms. The van der Waals surface area contributed by atoms with E-state index in [1.54, 1.807) is 11.4 Å². The summed E-state index contributed by atoms with van der Waals surface area (Å²) in [7, 11) is 0. The fourth-order valence-corrected chi connectivity index (χ4v) is 4.32. The fraction of sp³-hybridized carbons (Fsp3) is 0.0588. The van der Waals surface area contributed by atoms with Gasteiger partial charge in [-0.15, -0.1) is 11.3 Å². The molecular formula is C17H8Cl6N2O2S. The zero-order chi connectivity index (χ0) is 20.4. The number of benzene rings is 2. The Kier molecular flexibility index (Phi) is 7.21. The lowest BCUT2D eigenvalue weighted by atomic mass is 10.2. The summed E-state index contributed by atoms with van der Waals surface area (Å²) in [6.07, 6.45) is 0. The number of carbonyl (C=O) groups is 1. The van der Waals surface area contributed by atoms with Gasteiger partial charge in [0.25, 0.3) is 5.91 Å². The van der Waals surface area contributed by atoms with Crippen molar-refractivity contribution in [3.63, 3.8) is 0 Å². The largest absolute Gasteiger partial charge is 0.481 e. The zero-order valence-corrected chi connectivity index (χ0v) is 18.9. The van der Waals surface area contributed by atoms with Crippen LogP contribution >= 0.6 is 80.9 Å². The van der Waals surface area contributed by atoms with E-state index in [2.05, 4.69) is 10.3 Å². The van der Waals surface area contributed by atoms with E-state index in [1.165, 1.54) is 11.3 Å². The van der Waals surface area contributed by atoms with Gasteiger partial charge in [-0.1, -0.05) is 87.8 Å². The maximum Gasteiger partial charge on any atom is 0.264 e. The topological polar surface area (TPSA) is 51.2 Å². The molecule has 0 aliphatic carbocycles. The summed E-state index contributed by atoms with van der Waals surface area (Å²) in [5, 5.41) is 5.25. The minimum absolute atomic E-state index is 0.00465. The van der Waals surface area contributed by atoms with Crippen LogP contribution in [-0.4, -0.2) is 17.5 Å². The minimum Gasteiger partial charge on any atom is -0.481 e. The number of nitrogens with zero attached hydrogens (tertiary/aromatic N) is 1. The molecule has 0 fully saturated rings. The van der Waals surface area contributed by atoms with E-state index in [0.717, 1.165) is 5.56 Å². The van der Waals surface area contributed by atoms with E-state index in [0.29, 0.717) is 15.8 Å². The van der Waals surface area contributed by atoms with E-state index in [-0.39, 0.29) is 30.9 Å². The predicted molar refractivity (Wildman–Crippen MR) is 118 cm³/mol. The quantitative estimate of drug-likeness (QED) is 0.278. The zero-order valence-electron chi connectivity index (χ0n) is 13.5. The average molecular weight is 517 g/mol. The number of halogens is 6. The monoisotopic (exact) mass is 514 g/mol. The molecule has 0 saturated heterocycles. The van der Waals surface area contributed by atoms with Crippen LogP contribution in [-0.2, 0) is 4.79 Å². The average Bonchev–Trinajstić information content (AvgIpc) is 3.13. The Bertz CT molecular complexity index is 1030. The van der Waals surface area contributed by atoms with Gasteiger partial charge >= 0.3 is 0 Å². The highest BCUT2D eigenvalue weighted by Crippen LogP contribution is 2.48. The van der Waals surface area contributed by atoms with Gasteiger partial charge in [0, 0.05) is 16.0 Å². The Hall–Kier alpha value is -0.920. The van der Waals surface area contributed by atoms with E-state index in [1.807, 2.05) is 18.2 Å². The molecule has 3 rings (SSSR count). The van der Waals surface area contributed by atoms with Crippen LogP contribution in [0.25, 0.3) is 11.3 Å². The van der Waals surface area contributed by atoms with Crippen LogP contribution < -0.4 is 10.1 Å². The van der Waals surface area contributed by atoms with Crippen LogP contribution in [0.4, 0.5) is 5.13 Å². The van der Waals surface area contributed by atoms with Crippen LogP contribution in [0.5, 0.6) is 5.75 Å². The van der Waals surface area contributed by atoms with Crippen molar-refractivity contribution < 1.29 is 9.53 Å². The highest BCUT2D eigenvalue weighted by atomic mass is 35.5. The molecule has 1 N–H and O–H groups in total. The van der Waals surface area contributed by atoms with E-state index < -0.39 is 12.5 Å². The Labute approximate surface area is 194 Å². The van der Waals surface area contributed by atoms with E-state index >= 15 is 0 Å². The molecule has 0 aliphatic rings. The first kappa shape index (κ1) is 21.8. The second kappa shape index (κ2) is 9.26. The van der Waals surface area contributed by atoms with Crippen molar-refractivity contribution >= 4 is 92.0 Å². The summed E-state index contributed by atoms with van der Waals surface area (Å²) in [6, 6.07) is 7.27. The molecule has 0 radical (unpaired) electrons. The Balaban J connectivity index is 1.69. The molecule has 4 nitrogen and oxygen atoms in total. The van der Waals surface area contributed by atoms with Gasteiger partial charge in [-0.25, -0.2) is 4.98 Å². The van der Waals surface area contributed by atoms with Gasteiger partial charge in [-0.05, 0) is 6.07 Å². The number of hydrogen-bond donors (Lipinski definition) is 1. The molecule has 11 heteroatoms. The number of nitrogens with one attached hydrogen (secondary N) is 1. The molecule has 0 unspecified atom stereocenters. The Morgan fingerprint density at radius 3 is 2.21 bits per heavy atom. The lowest BCUT2D eigenvalue weighted by Gasteiger charge is -2.13. The molecule has 1 aromatic heterocycles. The molecule has 146 valence electrons. The van der Waals surface area contributed by atoms with Gasteiger partial charge in [-0.2, -0.15) is 0 Å². The molecule has 1 heterocycles. The highest BCUT2D eigenvalue weighted by molar-refractivity contribution is 7.14. The van der Waals surface area contributed by atoms with Gasteiger partial charge in [0.05, 0.1) is 20.8 Å². The number of carbonyl (C=O) groups excluding carboxylic acids is 1. The first-order chi connectivity index (χ1) is 13.3. The molecule has 0 atom stereocenters. The van der Waals surface area contributed by atoms with Crippen molar-refractivity contribution in [3.05, 3.63) is 59.8 Å². The lowest BCUT2D eigenvalue weighted by Crippen LogP contribution is -2.20. The van der Waals surface area contributed by atoms with Crippen LogP contribution in [0.15, 0.2) is 29.6 Å². The third-order valence-electron chi connectivity index (χ3n) is 3.42. The first-order valence-electron chi connectivity index (χ1n) is 7.44. The van der Waals surface area contributed by atoms with Crippen molar-refractivity contribution in [1.29, 1.82) is 0 Å². The summed E-state index contributed by atoms with van der Waals surface area (Å²) in [6.45, 7) is -0.394. The van der Waals surface area contributed by atoms with Crippen molar-refractivity contribution in [2.75, 3.05) is 11.9 Å². The number of anilines is 1. The van der Waals surface area contributed by atoms with E-state index in [4.69, 9.17) is 74.3 Å².